The SMILES string of the molecule is CC(C)CN(C)CCc1c[nH]c2c(F)cc(F)cc12. The molecule has 1 aromatic carbocycles. The first-order valence-electron chi connectivity index (χ1n) is 6.61. The molecule has 0 aliphatic heterocycles. The Balaban J connectivity index is 2.13. The molecular weight excluding hydrogens is 246 g/mol. The van der Waals surface area contributed by atoms with Gasteiger partial charge in [0.2, 0.25) is 0 Å². The standard InChI is InChI=1S/C15H20F2N2/c1-10(2)9-19(3)5-4-11-8-18-15-13(11)6-12(16)7-14(15)17/h6-8,10,18H,4-5,9H2,1-3H3. The van der Waals surface area contributed by atoms with E-state index in [4.69, 9.17) is 0 Å². The van der Waals surface area contributed by atoms with Gasteiger partial charge in [0.05, 0.1) is 5.52 Å². The van der Waals surface area contributed by atoms with Crippen LogP contribution in [0.25, 0.3) is 10.9 Å². The molecule has 4 heteroatoms. The molecule has 2 aromatic rings. The first kappa shape index (κ1) is 14.0. The Morgan fingerprint density at radius 3 is 2.68 bits per heavy atom. The van der Waals surface area contributed by atoms with Gasteiger partial charge in [-0.25, -0.2) is 8.78 Å². The van der Waals surface area contributed by atoms with E-state index in [9.17, 15) is 8.78 Å². The van der Waals surface area contributed by atoms with E-state index in [2.05, 4.69) is 30.8 Å². The Morgan fingerprint density at radius 2 is 2.00 bits per heavy atom. The summed E-state index contributed by atoms with van der Waals surface area (Å²) in [5.41, 5.74) is 1.35. The molecule has 0 amide bonds. The van der Waals surface area contributed by atoms with Crippen molar-refractivity contribution in [1.82, 2.24) is 9.88 Å². The quantitative estimate of drug-likeness (QED) is 0.876. The average Bonchev–Trinajstić information content (AvgIpc) is 2.68. The predicted molar refractivity (Wildman–Crippen MR) is 74.3 cm³/mol. The minimum Gasteiger partial charge on any atom is -0.359 e. The second kappa shape index (κ2) is 5.70. The first-order chi connectivity index (χ1) is 8.97. The molecule has 0 saturated heterocycles. The highest BCUT2D eigenvalue weighted by atomic mass is 19.1. The van der Waals surface area contributed by atoms with E-state index in [1.54, 1.807) is 6.20 Å². The van der Waals surface area contributed by atoms with Crippen LogP contribution in [0.2, 0.25) is 0 Å². The summed E-state index contributed by atoms with van der Waals surface area (Å²) in [5.74, 6) is -0.443. The van der Waals surface area contributed by atoms with Gasteiger partial charge in [0.25, 0.3) is 0 Å². The lowest BCUT2D eigenvalue weighted by atomic mass is 10.1. The van der Waals surface area contributed by atoms with Crippen molar-refractivity contribution >= 4 is 10.9 Å². The summed E-state index contributed by atoms with van der Waals surface area (Å²) in [4.78, 5) is 5.12. The van der Waals surface area contributed by atoms with Gasteiger partial charge in [-0.1, -0.05) is 13.8 Å². The van der Waals surface area contributed by atoms with Crippen LogP contribution in [0.15, 0.2) is 18.3 Å². The summed E-state index contributed by atoms with van der Waals surface area (Å²) < 4.78 is 26.8. The number of benzene rings is 1. The van der Waals surface area contributed by atoms with Crippen molar-refractivity contribution in [3.8, 4) is 0 Å². The number of fused-ring (bicyclic) bond motifs is 1. The van der Waals surface area contributed by atoms with Crippen molar-refractivity contribution in [3.05, 3.63) is 35.5 Å². The van der Waals surface area contributed by atoms with Crippen LogP contribution in [0.1, 0.15) is 19.4 Å². The van der Waals surface area contributed by atoms with Crippen LogP contribution < -0.4 is 0 Å². The largest absolute Gasteiger partial charge is 0.359 e. The predicted octanol–water partition coefficient (Wildman–Crippen LogP) is 3.58. The lowest BCUT2D eigenvalue weighted by Gasteiger charge is -2.18. The molecule has 0 aliphatic carbocycles. The molecule has 1 aromatic heterocycles. The number of hydrogen-bond donors (Lipinski definition) is 1. The van der Waals surface area contributed by atoms with E-state index in [1.165, 1.54) is 6.07 Å². The molecule has 104 valence electrons. The molecule has 0 spiro atoms. The summed E-state index contributed by atoms with van der Waals surface area (Å²) >= 11 is 0. The fourth-order valence-corrected chi connectivity index (χ4v) is 2.44. The molecule has 0 aliphatic rings. The second-order valence-electron chi connectivity index (χ2n) is 5.53. The van der Waals surface area contributed by atoms with E-state index in [0.29, 0.717) is 16.8 Å². The zero-order chi connectivity index (χ0) is 14.0. The molecule has 0 atom stereocenters. The first-order valence-corrected chi connectivity index (χ1v) is 6.61. The van der Waals surface area contributed by atoms with E-state index in [0.717, 1.165) is 31.1 Å². The third-order valence-corrected chi connectivity index (χ3v) is 3.23. The van der Waals surface area contributed by atoms with Crippen molar-refractivity contribution in [1.29, 1.82) is 0 Å². The minimum absolute atomic E-state index is 0.392. The van der Waals surface area contributed by atoms with Gasteiger partial charge >= 0.3 is 0 Å². The number of hydrogen-bond acceptors (Lipinski definition) is 1. The maximum Gasteiger partial charge on any atom is 0.150 e. The van der Waals surface area contributed by atoms with Crippen LogP contribution in [0.3, 0.4) is 0 Å². The van der Waals surface area contributed by atoms with E-state index in [-0.39, 0.29) is 0 Å². The van der Waals surface area contributed by atoms with Crippen LogP contribution in [0.4, 0.5) is 8.78 Å². The fraction of sp³-hybridized carbons (Fsp3) is 0.467. The number of nitrogens with zero attached hydrogens (tertiary/aromatic N) is 1. The van der Waals surface area contributed by atoms with Gasteiger partial charge in [-0.2, -0.15) is 0 Å². The molecule has 0 unspecified atom stereocenters. The molecule has 19 heavy (non-hydrogen) atoms. The minimum atomic E-state index is -0.531. The Kier molecular flexibility index (Phi) is 4.20. The van der Waals surface area contributed by atoms with Gasteiger partial charge < -0.3 is 9.88 Å². The van der Waals surface area contributed by atoms with Gasteiger partial charge in [0.1, 0.15) is 11.6 Å². The summed E-state index contributed by atoms with van der Waals surface area (Å²) in [5, 5.41) is 0.649. The van der Waals surface area contributed by atoms with Crippen molar-refractivity contribution in [2.45, 2.75) is 20.3 Å². The van der Waals surface area contributed by atoms with Gasteiger partial charge in [0.15, 0.2) is 0 Å². The highest BCUT2D eigenvalue weighted by molar-refractivity contribution is 5.83. The Hall–Kier alpha value is -1.42. The molecule has 0 bridgehead atoms. The van der Waals surface area contributed by atoms with Crippen LogP contribution in [0.5, 0.6) is 0 Å². The molecule has 2 rings (SSSR count). The van der Waals surface area contributed by atoms with Gasteiger partial charge in [-0.05, 0) is 31.0 Å². The van der Waals surface area contributed by atoms with Crippen molar-refractivity contribution in [2.24, 2.45) is 5.92 Å². The number of likely N-dealkylation sites (N-methyl/N-ethyl adjacent to an activating group) is 1. The van der Waals surface area contributed by atoms with Crippen molar-refractivity contribution in [2.75, 3.05) is 20.1 Å². The summed E-state index contributed by atoms with van der Waals surface area (Å²) in [6, 6.07) is 2.31. The zero-order valence-electron chi connectivity index (χ0n) is 11.6. The molecule has 0 fully saturated rings. The summed E-state index contributed by atoms with van der Waals surface area (Å²) in [7, 11) is 2.07. The second-order valence-corrected chi connectivity index (χ2v) is 5.53. The highest BCUT2D eigenvalue weighted by Crippen LogP contribution is 2.23. The van der Waals surface area contributed by atoms with E-state index in [1.807, 2.05) is 0 Å². The van der Waals surface area contributed by atoms with Gasteiger partial charge in [-0.15, -0.1) is 0 Å². The zero-order valence-corrected chi connectivity index (χ0v) is 11.6. The third kappa shape index (κ3) is 3.32. The number of halogens is 2. The maximum absolute atomic E-state index is 13.5. The Bertz CT molecular complexity index is 561. The number of aromatic nitrogens is 1. The fourth-order valence-electron chi connectivity index (χ4n) is 2.44. The lowest BCUT2D eigenvalue weighted by Crippen LogP contribution is -2.25. The highest BCUT2D eigenvalue weighted by Gasteiger charge is 2.11. The Labute approximate surface area is 112 Å². The Morgan fingerprint density at radius 1 is 1.26 bits per heavy atom. The van der Waals surface area contributed by atoms with Gasteiger partial charge in [0, 0.05) is 30.7 Å². The molecule has 0 saturated carbocycles. The van der Waals surface area contributed by atoms with E-state index < -0.39 is 11.6 Å². The van der Waals surface area contributed by atoms with Crippen LogP contribution in [-0.4, -0.2) is 30.0 Å². The summed E-state index contributed by atoms with van der Waals surface area (Å²) in [6.07, 6.45) is 2.56. The number of nitrogens with one attached hydrogen (secondary N) is 1. The van der Waals surface area contributed by atoms with Crippen LogP contribution in [0, 0.1) is 17.6 Å². The van der Waals surface area contributed by atoms with Crippen LogP contribution in [-0.2, 0) is 6.42 Å². The lowest BCUT2D eigenvalue weighted by molar-refractivity contribution is 0.299. The van der Waals surface area contributed by atoms with Gasteiger partial charge in [-0.3, -0.25) is 0 Å². The summed E-state index contributed by atoms with van der Waals surface area (Å²) in [6.45, 7) is 6.24. The molecule has 0 radical (unpaired) electrons. The average molecular weight is 266 g/mol. The van der Waals surface area contributed by atoms with Crippen molar-refractivity contribution in [3.63, 3.8) is 0 Å². The normalized spacial score (nSPS) is 11.9. The molecule has 1 heterocycles. The number of rotatable bonds is 5. The smallest absolute Gasteiger partial charge is 0.150 e. The topological polar surface area (TPSA) is 19.0 Å². The molecule has 1 N–H and O–H groups in total. The monoisotopic (exact) mass is 266 g/mol. The third-order valence-electron chi connectivity index (χ3n) is 3.23. The number of aromatic amines is 1. The molecule has 2 nitrogen and oxygen atoms in total. The maximum atomic E-state index is 13.5. The molecular formula is C15H20F2N2. The van der Waals surface area contributed by atoms with Crippen LogP contribution >= 0.6 is 0 Å². The van der Waals surface area contributed by atoms with Crippen molar-refractivity contribution < 1.29 is 8.78 Å². The van der Waals surface area contributed by atoms with E-state index >= 15 is 0 Å². The number of H-pyrrole nitrogens is 1.